The average Bonchev–Trinajstić information content (AvgIpc) is 2.53. The van der Waals surface area contributed by atoms with Crippen molar-refractivity contribution in [1.82, 2.24) is 14.7 Å². The van der Waals surface area contributed by atoms with Crippen LogP contribution in [0.2, 0.25) is 0 Å². The van der Waals surface area contributed by atoms with Gasteiger partial charge in [-0.05, 0) is 32.0 Å². The molecule has 24 heavy (non-hydrogen) atoms. The number of carboxylic acids is 1. The Morgan fingerprint density at radius 3 is 2.50 bits per heavy atom. The maximum absolute atomic E-state index is 13.9. The Morgan fingerprint density at radius 2 is 1.92 bits per heavy atom. The Hall–Kier alpha value is -3.03. The second kappa shape index (κ2) is 7.03. The van der Waals surface area contributed by atoms with Gasteiger partial charge in [0.2, 0.25) is 0 Å². The van der Waals surface area contributed by atoms with Gasteiger partial charge in [-0.25, -0.2) is 4.39 Å². The van der Waals surface area contributed by atoms with E-state index in [0.29, 0.717) is 0 Å². The molecule has 0 saturated carbocycles. The molecule has 1 heterocycles. The fourth-order valence-electron chi connectivity index (χ4n) is 2.10. The van der Waals surface area contributed by atoms with Crippen LogP contribution in [0.5, 0.6) is 0 Å². The monoisotopic (exact) mass is 333 g/mol. The highest BCUT2D eigenvalue weighted by Gasteiger charge is 2.23. The second-order valence-electron chi connectivity index (χ2n) is 5.34. The lowest BCUT2D eigenvalue weighted by molar-refractivity contribution is -0.138. The van der Waals surface area contributed by atoms with E-state index in [1.54, 1.807) is 13.8 Å². The summed E-state index contributed by atoms with van der Waals surface area (Å²) in [6, 6.07) is 7.42. The van der Waals surface area contributed by atoms with Crippen LogP contribution in [-0.2, 0) is 4.79 Å². The van der Waals surface area contributed by atoms with Gasteiger partial charge in [0, 0.05) is 12.1 Å². The maximum atomic E-state index is 13.9. The number of carbonyl (C=O) groups excluding carboxylic acids is 1. The largest absolute Gasteiger partial charge is 0.480 e. The predicted molar refractivity (Wildman–Crippen MR) is 83.6 cm³/mol. The molecule has 0 bridgehead atoms. The summed E-state index contributed by atoms with van der Waals surface area (Å²) in [5.41, 5.74) is -0.842. The first-order chi connectivity index (χ1) is 11.3. The molecule has 0 aliphatic carbocycles. The number of hydrogen-bond acceptors (Lipinski definition) is 4. The van der Waals surface area contributed by atoms with Gasteiger partial charge in [0.25, 0.3) is 11.5 Å². The molecule has 0 fully saturated rings. The number of para-hydroxylation sites is 1. The van der Waals surface area contributed by atoms with Gasteiger partial charge in [-0.2, -0.15) is 9.78 Å². The smallest absolute Gasteiger partial charge is 0.323 e. The molecule has 0 radical (unpaired) electrons. The quantitative estimate of drug-likeness (QED) is 0.890. The van der Waals surface area contributed by atoms with Gasteiger partial charge in [0.15, 0.2) is 0 Å². The molecule has 8 heteroatoms. The molecule has 0 atom stereocenters. The van der Waals surface area contributed by atoms with Crippen LogP contribution < -0.4 is 5.56 Å². The average molecular weight is 333 g/mol. The maximum Gasteiger partial charge on any atom is 0.323 e. The minimum Gasteiger partial charge on any atom is -0.480 e. The molecular weight excluding hydrogens is 317 g/mol. The number of aromatic nitrogens is 2. The van der Waals surface area contributed by atoms with Crippen molar-refractivity contribution in [1.29, 1.82) is 0 Å². The first-order valence-corrected chi connectivity index (χ1v) is 7.19. The number of benzene rings is 1. The van der Waals surface area contributed by atoms with E-state index in [2.05, 4.69) is 5.10 Å². The van der Waals surface area contributed by atoms with E-state index in [0.717, 1.165) is 15.6 Å². The van der Waals surface area contributed by atoms with Gasteiger partial charge in [-0.3, -0.25) is 14.4 Å². The standard InChI is InChI=1S/C16H16FN3O4/c1-10(2)19(9-15(22)23)16(24)12-7-8-14(21)20(18-12)13-6-4-3-5-11(13)17/h3-8,10H,9H2,1-2H3,(H,22,23). The van der Waals surface area contributed by atoms with Crippen LogP contribution in [0.4, 0.5) is 4.39 Å². The Morgan fingerprint density at radius 1 is 1.25 bits per heavy atom. The lowest BCUT2D eigenvalue weighted by Gasteiger charge is -2.24. The van der Waals surface area contributed by atoms with Crippen molar-refractivity contribution in [3.05, 3.63) is 58.3 Å². The molecule has 1 N–H and O–H groups in total. The Bertz CT molecular complexity index is 832. The summed E-state index contributed by atoms with van der Waals surface area (Å²) >= 11 is 0. The van der Waals surface area contributed by atoms with E-state index in [-0.39, 0.29) is 17.4 Å². The molecule has 1 aromatic carbocycles. The number of carbonyl (C=O) groups is 2. The number of carboxylic acid groups (broad SMARTS) is 1. The molecule has 126 valence electrons. The fraction of sp³-hybridized carbons (Fsp3) is 0.250. The summed E-state index contributed by atoms with van der Waals surface area (Å²) in [6.07, 6.45) is 0. The number of hydrogen-bond donors (Lipinski definition) is 1. The van der Waals surface area contributed by atoms with E-state index in [4.69, 9.17) is 5.11 Å². The molecule has 1 amide bonds. The number of aliphatic carboxylic acids is 1. The highest BCUT2D eigenvalue weighted by molar-refractivity contribution is 5.94. The van der Waals surface area contributed by atoms with Gasteiger partial charge >= 0.3 is 5.97 Å². The van der Waals surface area contributed by atoms with E-state index in [1.165, 1.54) is 30.3 Å². The van der Waals surface area contributed by atoms with Crippen LogP contribution in [-0.4, -0.2) is 44.3 Å². The molecule has 0 saturated heterocycles. The van der Waals surface area contributed by atoms with Gasteiger partial charge in [0.05, 0.1) is 0 Å². The first-order valence-electron chi connectivity index (χ1n) is 7.19. The number of rotatable bonds is 5. The summed E-state index contributed by atoms with van der Waals surface area (Å²) in [5.74, 6) is -2.49. The number of halogens is 1. The predicted octanol–water partition coefficient (Wildman–Crippen LogP) is 1.31. The number of amides is 1. The first kappa shape index (κ1) is 17.3. The zero-order valence-electron chi connectivity index (χ0n) is 13.1. The molecule has 0 aliphatic rings. The summed E-state index contributed by atoms with van der Waals surface area (Å²) in [5, 5.41) is 12.8. The highest BCUT2D eigenvalue weighted by atomic mass is 19.1. The van der Waals surface area contributed by atoms with Gasteiger partial charge in [0.1, 0.15) is 23.7 Å². The van der Waals surface area contributed by atoms with Crippen LogP contribution in [0.3, 0.4) is 0 Å². The van der Waals surface area contributed by atoms with E-state index >= 15 is 0 Å². The SMILES string of the molecule is CC(C)N(CC(=O)O)C(=O)c1ccc(=O)n(-c2ccccc2F)n1. The zero-order valence-corrected chi connectivity index (χ0v) is 13.1. The van der Waals surface area contributed by atoms with E-state index in [1.807, 2.05) is 0 Å². The van der Waals surface area contributed by atoms with Crippen LogP contribution in [0.25, 0.3) is 5.69 Å². The number of nitrogens with zero attached hydrogens (tertiary/aromatic N) is 3. The van der Waals surface area contributed by atoms with Gasteiger partial charge in [-0.15, -0.1) is 0 Å². The van der Waals surface area contributed by atoms with Crippen LogP contribution >= 0.6 is 0 Å². The van der Waals surface area contributed by atoms with Crippen molar-refractivity contribution >= 4 is 11.9 Å². The summed E-state index contributed by atoms with van der Waals surface area (Å²) in [6.45, 7) is 2.82. The van der Waals surface area contributed by atoms with Gasteiger partial charge < -0.3 is 10.0 Å². The molecule has 7 nitrogen and oxygen atoms in total. The summed E-state index contributed by atoms with van der Waals surface area (Å²) in [7, 11) is 0. The van der Waals surface area contributed by atoms with Crippen LogP contribution in [0, 0.1) is 5.82 Å². The third-order valence-corrected chi connectivity index (χ3v) is 3.29. The van der Waals surface area contributed by atoms with Crippen molar-refractivity contribution in [2.75, 3.05) is 6.54 Å². The Kier molecular flexibility index (Phi) is 5.08. The van der Waals surface area contributed by atoms with Crippen LogP contribution in [0.1, 0.15) is 24.3 Å². The van der Waals surface area contributed by atoms with Crippen molar-refractivity contribution in [2.45, 2.75) is 19.9 Å². The topological polar surface area (TPSA) is 92.5 Å². The van der Waals surface area contributed by atoms with Crippen molar-refractivity contribution in [3.63, 3.8) is 0 Å². The molecule has 2 aromatic rings. The second-order valence-corrected chi connectivity index (χ2v) is 5.34. The molecular formula is C16H16FN3O4. The third-order valence-electron chi connectivity index (χ3n) is 3.29. The molecule has 0 unspecified atom stereocenters. The Balaban J connectivity index is 2.48. The normalized spacial score (nSPS) is 10.7. The molecule has 0 spiro atoms. The fourth-order valence-corrected chi connectivity index (χ4v) is 2.10. The summed E-state index contributed by atoms with van der Waals surface area (Å²) < 4.78 is 14.7. The zero-order chi connectivity index (χ0) is 17.9. The Labute approximate surface area is 137 Å². The lowest BCUT2D eigenvalue weighted by Crippen LogP contribution is -2.41. The molecule has 2 rings (SSSR count). The minimum atomic E-state index is -1.17. The van der Waals surface area contributed by atoms with Crippen LogP contribution in [0.15, 0.2) is 41.2 Å². The highest BCUT2D eigenvalue weighted by Crippen LogP contribution is 2.11. The lowest BCUT2D eigenvalue weighted by atomic mass is 10.2. The van der Waals surface area contributed by atoms with E-state index in [9.17, 15) is 18.8 Å². The molecule has 0 aliphatic heterocycles. The van der Waals surface area contributed by atoms with Crippen molar-refractivity contribution < 1.29 is 19.1 Å². The van der Waals surface area contributed by atoms with Gasteiger partial charge in [-0.1, -0.05) is 12.1 Å². The minimum absolute atomic E-state index is 0.0912. The summed E-state index contributed by atoms with van der Waals surface area (Å²) in [4.78, 5) is 36.5. The van der Waals surface area contributed by atoms with Crippen molar-refractivity contribution in [2.24, 2.45) is 0 Å². The third kappa shape index (κ3) is 3.65. The van der Waals surface area contributed by atoms with Crippen molar-refractivity contribution in [3.8, 4) is 5.69 Å². The van der Waals surface area contributed by atoms with E-state index < -0.39 is 29.8 Å². The molecule has 1 aromatic heterocycles.